The van der Waals surface area contributed by atoms with Gasteiger partial charge in [0.2, 0.25) is 0 Å². The molecule has 1 heterocycles. The lowest BCUT2D eigenvalue weighted by Gasteiger charge is -2.24. The van der Waals surface area contributed by atoms with Crippen LogP contribution in [0.25, 0.3) is 0 Å². The molecule has 120 valence electrons. The molecule has 1 aromatic carbocycles. The van der Waals surface area contributed by atoms with Gasteiger partial charge in [-0.05, 0) is 61.8 Å². The second kappa shape index (κ2) is 7.14. The number of ether oxygens (including phenoxy) is 2. The van der Waals surface area contributed by atoms with Gasteiger partial charge < -0.3 is 14.8 Å². The van der Waals surface area contributed by atoms with Crippen molar-refractivity contribution in [1.82, 2.24) is 5.32 Å². The molecule has 0 spiro atoms. The van der Waals surface area contributed by atoms with Crippen molar-refractivity contribution < 1.29 is 14.3 Å². The summed E-state index contributed by atoms with van der Waals surface area (Å²) in [5.74, 6) is 1.67. The topological polar surface area (TPSA) is 47.6 Å². The van der Waals surface area contributed by atoms with Crippen molar-refractivity contribution in [3.63, 3.8) is 0 Å². The van der Waals surface area contributed by atoms with E-state index in [1.54, 1.807) is 0 Å². The highest BCUT2D eigenvalue weighted by atomic mass is 16.5. The molecule has 0 bridgehead atoms. The first-order valence-electron chi connectivity index (χ1n) is 8.30. The van der Waals surface area contributed by atoms with Gasteiger partial charge in [0.05, 0.1) is 13.5 Å². The molecular formula is C18H25NO3. The van der Waals surface area contributed by atoms with Gasteiger partial charge in [-0.25, -0.2) is 0 Å². The van der Waals surface area contributed by atoms with Gasteiger partial charge in [-0.2, -0.15) is 0 Å². The van der Waals surface area contributed by atoms with E-state index < -0.39 is 0 Å². The SMILES string of the molecule is COC(=O)C[C@H](c1cccc(OC2CCCNC2)c1)C1CC1. The zero-order valence-corrected chi connectivity index (χ0v) is 13.2. The molecule has 4 nitrogen and oxygen atoms in total. The van der Waals surface area contributed by atoms with Crippen LogP contribution in [-0.4, -0.2) is 32.3 Å². The van der Waals surface area contributed by atoms with Crippen molar-refractivity contribution in [3.8, 4) is 5.75 Å². The van der Waals surface area contributed by atoms with Crippen LogP contribution in [0.3, 0.4) is 0 Å². The van der Waals surface area contributed by atoms with Crippen LogP contribution in [0, 0.1) is 5.92 Å². The third kappa shape index (κ3) is 4.01. The molecule has 1 saturated heterocycles. The molecule has 0 amide bonds. The zero-order valence-electron chi connectivity index (χ0n) is 13.2. The molecule has 1 unspecified atom stereocenters. The number of methoxy groups -OCH3 is 1. The summed E-state index contributed by atoms with van der Waals surface area (Å²) in [6.07, 6.45) is 5.40. The lowest BCUT2D eigenvalue weighted by atomic mass is 9.91. The number of nitrogens with one attached hydrogen (secondary N) is 1. The molecule has 1 saturated carbocycles. The molecule has 0 aromatic heterocycles. The number of rotatable bonds is 6. The van der Waals surface area contributed by atoms with E-state index in [9.17, 15) is 4.79 Å². The monoisotopic (exact) mass is 303 g/mol. The molecule has 0 radical (unpaired) electrons. The summed E-state index contributed by atoms with van der Waals surface area (Å²) in [7, 11) is 1.46. The summed E-state index contributed by atoms with van der Waals surface area (Å²) >= 11 is 0. The van der Waals surface area contributed by atoms with E-state index in [0.717, 1.165) is 31.7 Å². The van der Waals surface area contributed by atoms with E-state index in [4.69, 9.17) is 9.47 Å². The first-order chi connectivity index (χ1) is 10.8. The lowest BCUT2D eigenvalue weighted by Crippen LogP contribution is -2.37. The number of esters is 1. The standard InChI is InChI=1S/C18H25NO3/c1-21-18(20)11-17(13-7-8-13)14-4-2-5-15(10-14)22-16-6-3-9-19-12-16/h2,4-5,10,13,16-17,19H,3,6-9,11-12H2,1H3/t16?,17-/m0/s1. The fourth-order valence-corrected chi connectivity index (χ4v) is 3.25. The average Bonchev–Trinajstić information content (AvgIpc) is 3.38. The number of hydrogen-bond acceptors (Lipinski definition) is 4. The summed E-state index contributed by atoms with van der Waals surface area (Å²) in [4.78, 5) is 11.7. The van der Waals surface area contributed by atoms with E-state index in [1.807, 2.05) is 12.1 Å². The van der Waals surface area contributed by atoms with Crippen LogP contribution in [-0.2, 0) is 9.53 Å². The van der Waals surface area contributed by atoms with Gasteiger partial charge in [-0.1, -0.05) is 12.1 Å². The molecule has 4 heteroatoms. The highest BCUT2D eigenvalue weighted by molar-refractivity contribution is 5.70. The van der Waals surface area contributed by atoms with Crippen molar-refractivity contribution >= 4 is 5.97 Å². The third-order valence-electron chi connectivity index (χ3n) is 4.65. The number of carbonyl (C=O) groups is 1. The van der Waals surface area contributed by atoms with Crippen molar-refractivity contribution in [2.75, 3.05) is 20.2 Å². The quantitative estimate of drug-likeness (QED) is 0.821. The van der Waals surface area contributed by atoms with Crippen molar-refractivity contribution in [2.24, 2.45) is 5.92 Å². The second-order valence-electron chi connectivity index (χ2n) is 6.38. The maximum atomic E-state index is 11.7. The largest absolute Gasteiger partial charge is 0.489 e. The molecule has 1 aromatic rings. The molecular weight excluding hydrogens is 278 g/mol. The van der Waals surface area contributed by atoms with Gasteiger partial charge in [-0.3, -0.25) is 4.79 Å². The third-order valence-corrected chi connectivity index (χ3v) is 4.65. The fourth-order valence-electron chi connectivity index (χ4n) is 3.25. The van der Waals surface area contributed by atoms with Crippen molar-refractivity contribution in [3.05, 3.63) is 29.8 Å². The van der Waals surface area contributed by atoms with Crippen LogP contribution < -0.4 is 10.1 Å². The van der Waals surface area contributed by atoms with Gasteiger partial charge in [0.1, 0.15) is 11.9 Å². The molecule has 1 aliphatic heterocycles. The number of piperidine rings is 1. The van der Waals surface area contributed by atoms with Crippen molar-refractivity contribution in [1.29, 1.82) is 0 Å². The Balaban J connectivity index is 1.69. The second-order valence-corrected chi connectivity index (χ2v) is 6.38. The van der Waals surface area contributed by atoms with E-state index in [1.165, 1.54) is 25.5 Å². The highest BCUT2D eigenvalue weighted by Crippen LogP contribution is 2.45. The molecule has 1 aliphatic carbocycles. The Morgan fingerprint density at radius 2 is 2.23 bits per heavy atom. The summed E-state index contributed by atoms with van der Waals surface area (Å²) < 4.78 is 11.0. The molecule has 2 aliphatic rings. The molecule has 3 rings (SSSR count). The minimum absolute atomic E-state index is 0.125. The predicted octanol–water partition coefficient (Wildman–Crippen LogP) is 2.87. The predicted molar refractivity (Wildman–Crippen MR) is 85.1 cm³/mol. The Morgan fingerprint density at radius 3 is 2.91 bits per heavy atom. The van der Waals surface area contributed by atoms with Gasteiger partial charge >= 0.3 is 5.97 Å². The smallest absolute Gasteiger partial charge is 0.306 e. The first kappa shape index (κ1) is 15.3. The van der Waals surface area contributed by atoms with Crippen LogP contribution in [0.5, 0.6) is 5.75 Å². The maximum absolute atomic E-state index is 11.7. The summed E-state index contributed by atoms with van der Waals surface area (Å²) in [5.41, 5.74) is 1.20. The average molecular weight is 303 g/mol. The summed E-state index contributed by atoms with van der Waals surface area (Å²) in [6.45, 7) is 2.00. The minimum Gasteiger partial charge on any atom is -0.489 e. The summed E-state index contributed by atoms with van der Waals surface area (Å²) in [6, 6.07) is 8.27. The number of carbonyl (C=O) groups excluding carboxylic acids is 1. The maximum Gasteiger partial charge on any atom is 0.306 e. The minimum atomic E-state index is -0.125. The van der Waals surface area contributed by atoms with E-state index in [-0.39, 0.29) is 18.0 Å². The van der Waals surface area contributed by atoms with Gasteiger partial charge in [0.15, 0.2) is 0 Å². The lowest BCUT2D eigenvalue weighted by molar-refractivity contribution is -0.141. The van der Waals surface area contributed by atoms with Crippen LogP contribution in [0.15, 0.2) is 24.3 Å². The van der Waals surface area contributed by atoms with E-state index in [0.29, 0.717) is 12.3 Å². The van der Waals surface area contributed by atoms with E-state index >= 15 is 0 Å². The summed E-state index contributed by atoms with van der Waals surface area (Å²) in [5, 5.41) is 3.37. The van der Waals surface area contributed by atoms with Crippen molar-refractivity contribution in [2.45, 2.75) is 44.1 Å². The molecule has 2 atom stereocenters. The Kier molecular flexibility index (Phi) is 4.98. The highest BCUT2D eigenvalue weighted by Gasteiger charge is 2.34. The zero-order chi connectivity index (χ0) is 15.4. The molecule has 22 heavy (non-hydrogen) atoms. The van der Waals surface area contributed by atoms with E-state index in [2.05, 4.69) is 17.4 Å². The van der Waals surface area contributed by atoms with Crippen LogP contribution >= 0.6 is 0 Å². The normalized spacial score (nSPS) is 22.9. The Hall–Kier alpha value is -1.55. The van der Waals surface area contributed by atoms with Gasteiger partial charge in [0, 0.05) is 6.54 Å². The Morgan fingerprint density at radius 1 is 1.36 bits per heavy atom. The van der Waals surface area contributed by atoms with Crippen LogP contribution in [0.4, 0.5) is 0 Å². The number of hydrogen-bond donors (Lipinski definition) is 1. The Labute approximate surface area is 132 Å². The molecule has 1 N–H and O–H groups in total. The number of benzene rings is 1. The molecule has 2 fully saturated rings. The fraction of sp³-hybridized carbons (Fsp3) is 0.611. The van der Waals surface area contributed by atoms with Gasteiger partial charge in [-0.15, -0.1) is 0 Å². The van der Waals surface area contributed by atoms with Crippen LogP contribution in [0.1, 0.15) is 43.6 Å². The van der Waals surface area contributed by atoms with Gasteiger partial charge in [0.25, 0.3) is 0 Å². The Bertz CT molecular complexity index is 507. The first-order valence-corrected chi connectivity index (χ1v) is 8.30. The van der Waals surface area contributed by atoms with Crippen LogP contribution in [0.2, 0.25) is 0 Å².